The second-order valence-electron chi connectivity index (χ2n) is 6.61. The average Bonchev–Trinajstić information content (AvgIpc) is 2.97. The van der Waals surface area contributed by atoms with Crippen molar-refractivity contribution in [3.05, 3.63) is 60.3 Å². The summed E-state index contributed by atoms with van der Waals surface area (Å²) >= 11 is 0. The summed E-state index contributed by atoms with van der Waals surface area (Å²) in [5, 5.41) is 0.260. The molecule has 1 aliphatic heterocycles. The van der Waals surface area contributed by atoms with Crippen molar-refractivity contribution in [1.29, 1.82) is 0 Å². The first-order valence-corrected chi connectivity index (χ1v) is 9.04. The minimum Gasteiger partial charge on any atom is -0.497 e. The highest BCUT2D eigenvalue weighted by Crippen LogP contribution is 2.30. The number of halogens is 2. The molecule has 0 aliphatic carbocycles. The summed E-state index contributed by atoms with van der Waals surface area (Å²) in [6, 6.07) is 12.1. The van der Waals surface area contributed by atoms with E-state index in [1.807, 2.05) is 24.3 Å². The maximum Gasteiger partial charge on any atom is 0.149 e. The van der Waals surface area contributed by atoms with Crippen molar-refractivity contribution in [1.82, 2.24) is 4.98 Å². The van der Waals surface area contributed by atoms with Crippen molar-refractivity contribution in [3.8, 4) is 5.75 Å². The minimum absolute atomic E-state index is 0.0868. The van der Waals surface area contributed by atoms with Crippen LogP contribution in [0.2, 0.25) is 0 Å². The summed E-state index contributed by atoms with van der Waals surface area (Å²) in [6.45, 7) is 3.21. The lowest BCUT2D eigenvalue weighted by molar-refractivity contribution is 0.415. The number of hydrogen-bond donors (Lipinski definition) is 0. The molecule has 27 heavy (non-hydrogen) atoms. The average molecular weight is 369 g/mol. The number of benzene rings is 2. The zero-order valence-electron chi connectivity index (χ0n) is 15.2. The van der Waals surface area contributed by atoms with Crippen molar-refractivity contribution in [2.75, 3.05) is 43.1 Å². The summed E-state index contributed by atoms with van der Waals surface area (Å²) in [5.41, 5.74) is 1.92. The van der Waals surface area contributed by atoms with Crippen molar-refractivity contribution in [2.45, 2.75) is 6.42 Å². The lowest BCUT2D eigenvalue weighted by Gasteiger charge is -2.26. The molecular formula is C21H21F2N3O. The van der Waals surface area contributed by atoms with Crippen LogP contribution in [0.4, 0.5) is 20.2 Å². The standard InChI is InChI=1S/C21H21F2N3O/c1-27-16-5-3-15(4-6-16)25-11-2-12-26(14-13-25)19-9-10-24-21-18(23)8-7-17(22)20(19)21/h3-10H,2,11-14H2,1H3. The Balaban J connectivity index is 1.60. The molecule has 140 valence electrons. The first kappa shape index (κ1) is 17.5. The largest absolute Gasteiger partial charge is 0.497 e. The van der Waals surface area contributed by atoms with Gasteiger partial charge in [0.15, 0.2) is 0 Å². The first-order valence-electron chi connectivity index (χ1n) is 9.04. The number of fused-ring (bicyclic) bond motifs is 1. The topological polar surface area (TPSA) is 28.6 Å². The fourth-order valence-electron chi connectivity index (χ4n) is 3.65. The molecule has 4 nitrogen and oxygen atoms in total. The lowest BCUT2D eigenvalue weighted by atomic mass is 10.1. The molecule has 0 spiro atoms. The molecule has 0 atom stereocenters. The Bertz CT molecular complexity index is 946. The van der Waals surface area contributed by atoms with E-state index in [1.54, 1.807) is 19.4 Å². The lowest BCUT2D eigenvalue weighted by Crippen LogP contribution is -2.30. The molecule has 0 saturated carbocycles. The van der Waals surface area contributed by atoms with Crippen LogP contribution in [0.5, 0.6) is 5.75 Å². The van der Waals surface area contributed by atoms with Crippen LogP contribution in [-0.4, -0.2) is 38.3 Å². The number of methoxy groups -OCH3 is 1. The first-order chi connectivity index (χ1) is 13.2. The van der Waals surface area contributed by atoms with E-state index >= 15 is 0 Å². The Morgan fingerprint density at radius 1 is 0.852 bits per heavy atom. The van der Waals surface area contributed by atoms with E-state index in [0.29, 0.717) is 5.69 Å². The number of pyridine rings is 1. The molecule has 2 aromatic carbocycles. The fraction of sp³-hybridized carbons (Fsp3) is 0.286. The molecule has 1 aromatic heterocycles. The third-order valence-electron chi connectivity index (χ3n) is 5.04. The van der Waals surface area contributed by atoms with Gasteiger partial charge in [0.1, 0.15) is 22.9 Å². The third kappa shape index (κ3) is 3.39. The Hall–Kier alpha value is -2.89. The molecule has 0 unspecified atom stereocenters. The normalized spacial score (nSPS) is 15.1. The number of nitrogens with zero attached hydrogens (tertiary/aromatic N) is 3. The van der Waals surface area contributed by atoms with Gasteiger partial charge in [-0.2, -0.15) is 0 Å². The van der Waals surface area contributed by atoms with Gasteiger partial charge in [0.25, 0.3) is 0 Å². The van der Waals surface area contributed by atoms with Crippen molar-refractivity contribution < 1.29 is 13.5 Å². The Labute approximate surface area is 157 Å². The van der Waals surface area contributed by atoms with Crippen LogP contribution in [0, 0.1) is 11.6 Å². The van der Waals surface area contributed by atoms with E-state index in [-0.39, 0.29) is 10.9 Å². The van der Waals surface area contributed by atoms with Crippen LogP contribution in [-0.2, 0) is 0 Å². The van der Waals surface area contributed by atoms with Crippen LogP contribution < -0.4 is 14.5 Å². The Morgan fingerprint density at radius 3 is 2.33 bits per heavy atom. The molecule has 0 bridgehead atoms. The smallest absolute Gasteiger partial charge is 0.149 e. The molecule has 1 fully saturated rings. The predicted molar refractivity (Wildman–Crippen MR) is 104 cm³/mol. The van der Waals surface area contributed by atoms with Gasteiger partial charge in [-0.1, -0.05) is 0 Å². The zero-order chi connectivity index (χ0) is 18.8. The number of anilines is 2. The maximum absolute atomic E-state index is 14.4. The SMILES string of the molecule is COc1ccc(N2CCCN(c3ccnc4c(F)ccc(F)c34)CC2)cc1. The summed E-state index contributed by atoms with van der Waals surface area (Å²) in [7, 11) is 1.65. The van der Waals surface area contributed by atoms with E-state index in [4.69, 9.17) is 4.74 Å². The summed E-state index contributed by atoms with van der Waals surface area (Å²) in [5.74, 6) is -0.107. The van der Waals surface area contributed by atoms with Gasteiger partial charge in [0.2, 0.25) is 0 Å². The molecule has 4 rings (SSSR count). The van der Waals surface area contributed by atoms with Gasteiger partial charge >= 0.3 is 0 Å². The van der Waals surface area contributed by atoms with Crippen molar-refractivity contribution in [3.63, 3.8) is 0 Å². The van der Waals surface area contributed by atoms with E-state index < -0.39 is 11.6 Å². The zero-order valence-corrected chi connectivity index (χ0v) is 15.2. The third-order valence-corrected chi connectivity index (χ3v) is 5.04. The van der Waals surface area contributed by atoms with E-state index in [1.165, 1.54) is 6.07 Å². The van der Waals surface area contributed by atoms with E-state index in [2.05, 4.69) is 14.8 Å². The van der Waals surface area contributed by atoms with Crippen LogP contribution in [0.1, 0.15) is 6.42 Å². The molecule has 0 radical (unpaired) electrons. The quantitative estimate of drug-likeness (QED) is 0.691. The van der Waals surface area contributed by atoms with Crippen LogP contribution in [0.15, 0.2) is 48.7 Å². The number of ether oxygens (including phenoxy) is 1. The van der Waals surface area contributed by atoms with Crippen molar-refractivity contribution in [2.24, 2.45) is 0 Å². The highest BCUT2D eigenvalue weighted by Gasteiger charge is 2.20. The van der Waals surface area contributed by atoms with Crippen LogP contribution >= 0.6 is 0 Å². The summed E-state index contributed by atoms with van der Waals surface area (Å²) in [4.78, 5) is 8.46. The highest BCUT2D eigenvalue weighted by atomic mass is 19.1. The molecule has 3 aromatic rings. The van der Waals surface area contributed by atoms with Gasteiger partial charge < -0.3 is 14.5 Å². The highest BCUT2D eigenvalue weighted by molar-refractivity contribution is 5.92. The number of hydrogen-bond acceptors (Lipinski definition) is 4. The second kappa shape index (κ2) is 7.39. The molecule has 0 amide bonds. The van der Waals surface area contributed by atoms with Gasteiger partial charge in [-0.3, -0.25) is 4.98 Å². The minimum atomic E-state index is -0.497. The molecule has 2 heterocycles. The fourth-order valence-corrected chi connectivity index (χ4v) is 3.65. The van der Waals surface area contributed by atoms with Gasteiger partial charge in [-0.25, -0.2) is 8.78 Å². The van der Waals surface area contributed by atoms with Gasteiger partial charge in [-0.15, -0.1) is 0 Å². The Kier molecular flexibility index (Phi) is 4.79. The van der Waals surface area contributed by atoms with Crippen LogP contribution in [0.3, 0.4) is 0 Å². The van der Waals surface area contributed by atoms with Gasteiger partial charge in [0.05, 0.1) is 18.2 Å². The number of aromatic nitrogens is 1. The summed E-state index contributed by atoms with van der Waals surface area (Å²) < 4.78 is 33.7. The molecular weight excluding hydrogens is 348 g/mol. The van der Waals surface area contributed by atoms with E-state index in [9.17, 15) is 8.78 Å². The molecule has 6 heteroatoms. The molecule has 1 saturated heterocycles. The molecule has 1 aliphatic rings. The van der Waals surface area contributed by atoms with Crippen molar-refractivity contribution >= 4 is 22.3 Å². The maximum atomic E-state index is 14.4. The van der Waals surface area contributed by atoms with E-state index in [0.717, 1.165) is 50.1 Å². The summed E-state index contributed by atoms with van der Waals surface area (Å²) in [6.07, 6.45) is 2.47. The predicted octanol–water partition coefficient (Wildman–Crippen LogP) is 4.24. The molecule has 0 N–H and O–H groups in total. The second-order valence-corrected chi connectivity index (χ2v) is 6.61. The number of rotatable bonds is 3. The van der Waals surface area contributed by atoms with Crippen LogP contribution in [0.25, 0.3) is 10.9 Å². The Morgan fingerprint density at radius 2 is 1.56 bits per heavy atom. The van der Waals surface area contributed by atoms with Gasteiger partial charge in [-0.05, 0) is 48.9 Å². The van der Waals surface area contributed by atoms with Gasteiger partial charge in [0, 0.05) is 38.1 Å². The monoisotopic (exact) mass is 369 g/mol.